The minimum absolute atomic E-state index is 0.190. The van der Waals surface area contributed by atoms with Gasteiger partial charge in [0.05, 0.1) is 5.56 Å². The van der Waals surface area contributed by atoms with Crippen molar-refractivity contribution in [1.82, 2.24) is 5.32 Å². The number of aliphatic carboxylic acids is 1. The Hall–Kier alpha value is -1.43. The summed E-state index contributed by atoms with van der Waals surface area (Å²) in [6.07, 6.45) is 0. The van der Waals surface area contributed by atoms with Gasteiger partial charge in [-0.2, -0.15) is 0 Å². The highest BCUT2D eigenvalue weighted by molar-refractivity contribution is 9.10. The Kier molecular flexibility index (Phi) is 4.84. The normalized spacial score (nSPS) is 12.3. The van der Waals surface area contributed by atoms with E-state index in [4.69, 9.17) is 5.11 Å². The Labute approximate surface area is 112 Å². The van der Waals surface area contributed by atoms with E-state index in [0.29, 0.717) is 0 Å². The van der Waals surface area contributed by atoms with E-state index in [2.05, 4.69) is 21.2 Å². The molecule has 0 spiro atoms. The van der Waals surface area contributed by atoms with Crippen LogP contribution in [0.1, 0.15) is 24.2 Å². The lowest BCUT2D eigenvalue weighted by Gasteiger charge is -2.18. The van der Waals surface area contributed by atoms with Crippen LogP contribution >= 0.6 is 15.9 Å². The molecule has 0 aliphatic rings. The quantitative estimate of drug-likeness (QED) is 0.896. The lowest BCUT2D eigenvalue weighted by Crippen LogP contribution is -2.44. The highest BCUT2D eigenvalue weighted by Crippen LogP contribution is 2.19. The number of hydrogen-bond acceptors (Lipinski definition) is 2. The number of amides is 1. The second kappa shape index (κ2) is 5.95. The van der Waals surface area contributed by atoms with Crippen molar-refractivity contribution in [2.45, 2.75) is 19.9 Å². The zero-order valence-electron chi connectivity index (χ0n) is 9.91. The van der Waals surface area contributed by atoms with Crippen LogP contribution in [0.25, 0.3) is 0 Å². The SMILES string of the molecule is CC(C)[C@H](NC(=O)c1c(F)cccc1Br)C(=O)O. The van der Waals surface area contributed by atoms with E-state index in [1.54, 1.807) is 13.8 Å². The zero-order chi connectivity index (χ0) is 13.9. The molecule has 0 heterocycles. The molecule has 0 unspecified atom stereocenters. The molecular formula is C12H13BrFNO3. The molecule has 1 rings (SSSR count). The van der Waals surface area contributed by atoms with E-state index in [1.807, 2.05) is 0 Å². The number of carbonyl (C=O) groups is 2. The summed E-state index contributed by atoms with van der Waals surface area (Å²) in [5.74, 6) is -2.89. The number of hydrogen-bond donors (Lipinski definition) is 2. The fourth-order valence-electron chi connectivity index (χ4n) is 1.44. The molecule has 0 bridgehead atoms. The molecule has 4 nitrogen and oxygen atoms in total. The molecular weight excluding hydrogens is 305 g/mol. The molecule has 0 saturated heterocycles. The monoisotopic (exact) mass is 317 g/mol. The number of halogens is 2. The molecule has 0 radical (unpaired) electrons. The van der Waals surface area contributed by atoms with Crippen LogP contribution in [-0.4, -0.2) is 23.0 Å². The molecule has 18 heavy (non-hydrogen) atoms. The van der Waals surface area contributed by atoms with Gasteiger partial charge in [-0.15, -0.1) is 0 Å². The Morgan fingerprint density at radius 3 is 2.44 bits per heavy atom. The highest BCUT2D eigenvalue weighted by atomic mass is 79.9. The van der Waals surface area contributed by atoms with Gasteiger partial charge >= 0.3 is 5.97 Å². The van der Waals surface area contributed by atoms with E-state index >= 15 is 0 Å². The van der Waals surface area contributed by atoms with Crippen LogP contribution in [0, 0.1) is 11.7 Å². The topological polar surface area (TPSA) is 66.4 Å². The Bertz CT molecular complexity index is 456. The minimum atomic E-state index is -1.15. The fraction of sp³-hybridized carbons (Fsp3) is 0.333. The molecule has 0 aliphatic heterocycles. The van der Waals surface area contributed by atoms with Crippen molar-refractivity contribution in [3.63, 3.8) is 0 Å². The molecule has 1 aromatic rings. The third-order valence-electron chi connectivity index (χ3n) is 2.41. The molecule has 1 aromatic carbocycles. The number of nitrogens with one attached hydrogen (secondary N) is 1. The van der Waals surface area contributed by atoms with Gasteiger partial charge in [0.15, 0.2) is 0 Å². The summed E-state index contributed by atoms with van der Waals surface area (Å²) in [7, 11) is 0. The first-order valence-electron chi connectivity index (χ1n) is 5.32. The molecule has 1 amide bonds. The maximum Gasteiger partial charge on any atom is 0.326 e. The second-order valence-electron chi connectivity index (χ2n) is 4.13. The molecule has 98 valence electrons. The third-order valence-corrected chi connectivity index (χ3v) is 3.07. The number of carbonyl (C=O) groups excluding carboxylic acids is 1. The predicted molar refractivity (Wildman–Crippen MR) is 67.8 cm³/mol. The van der Waals surface area contributed by atoms with Crippen molar-refractivity contribution in [2.75, 3.05) is 0 Å². The van der Waals surface area contributed by atoms with Gasteiger partial charge in [-0.1, -0.05) is 19.9 Å². The Morgan fingerprint density at radius 2 is 2.00 bits per heavy atom. The van der Waals surface area contributed by atoms with Crippen molar-refractivity contribution in [3.05, 3.63) is 34.1 Å². The summed E-state index contributed by atoms with van der Waals surface area (Å²) in [5.41, 5.74) is -0.190. The Morgan fingerprint density at radius 1 is 1.39 bits per heavy atom. The summed E-state index contributed by atoms with van der Waals surface area (Å²) in [5, 5.41) is 11.3. The van der Waals surface area contributed by atoms with Crippen molar-refractivity contribution < 1.29 is 19.1 Å². The van der Waals surface area contributed by atoms with Gasteiger partial charge < -0.3 is 10.4 Å². The number of carboxylic acids is 1. The average Bonchev–Trinajstić information content (AvgIpc) is 2.24. The molecule has 1 atom stereocenters. The summed E-state index contributed by atoms with van der Waals surface area (Å²) in [4.78, 5) is 22.8. The van der Waals surface area contributed by atoms with Gasteiger partial charge in [-0.3, -0.25) is 4.79 Å². The first-order chi connectivity index (χ1) is 8.34. The number of benzene rings is 1. The zero-order valence-corrected chi connectivity index (χ0v) is 11.5. The second-order valence-corrected chi connectivity index (χ2v) is 4.98. The molecule has 0 fully saturated rings. The number of rotatable bonds is 4. The highest BCUT2D eigenvalue weighted by Gasteiger charge is 2.26. The first-order valence-corrected chi connectivity index (χ1v) is 6.11. The van der Waals surface area contributed by atoms with Gasteiger partial charge in [0.1, 0.15) is 11.9 Å². The number of carboxylic acid groups (broad SMARTS) is 1. The van der Waals surface area contributed by atoms with Gasteiger partial charge in [-0.05, 0) is 34.0 Å². The summed E-state index contributed by atoms with van der Waals surface area (Å²) in [6, 6.07) is 3.06. The standard InChI is InChI=1S/C12H13BrFNO3/c1-6(2)10(12(17)18)15-11(16)9-7(13)4-3-5-8(9)14/h3-6,10H,1-2H3,(H,15,16)(H,17,18)/t10-/m0/s1. The third kappa shape index (κ3) is 3.29. The lowest BCUT2D eigenvalue weighted by molar-refractivity contribution is -0.140. The molecule has 0 aliphatic carbocycles. The molecule has 2 N–H and O–H groups in total. The average molecular weight is 318 g/mol. The van der Waals surface area contributed by atoms with Crippen molar-refractivity contribution in [3.8, 4) is 0 Å². The van der Waals surface area contributed by atoms with Crippen LogP contribution in [0.15, 0.2) is 22.7 Å². The molecule has 6 heteroatoms. The van der Waals surface area contributed by atoms with E-state index in [-0.39, 0.29) is 16.0 Å². The van der Waals surface area contributed by atoms with Gasteiger partial charge in [0, 0.05) is 4.47 Å². The van der Waals surface area contributed by atoms with Crippen LogP contribution in [0.5, 0.6) is 0 Å². The molecule has 0 aromatic heterocycles. The van der Waals surface area contributed by atoms with Gasteiger partial charge in [0.2, 0.25) is 0 Å². The van der Waals surface area contributed by atoms with Crippen LogP contribution in [0.2, 0.25) is 0 Å². The lowest BCUT2D eigenvalue weighted by atomic mass is 10.0. The molecule has 0 saturated carbocycles. The minimum Gasteiger partial charge on any atom is -0.480 e. The Balaban J connectivity index is 2.98. The predicted octanol–water partition coefficient (Wildman–Crippen LogP) is 2.43. The van der Waals surface area contributed by atoms with Crippen LogP contribution in [0.4, 0.5) is 4.39 Å². The summed E-state index contributed by atoms with van der Waals surface area (Å²) < 4.78 is 13.8. The maximum absolute atomic E-state index is 13.5. The van der Waals surface area contributed by atoms with E-state index in [9.17, 15) is 14.0 Å². The van der Waals surface area contributed by atoms with Crippen LogP contribution in [0.3, 0.4) is 0 Å². The van der Waals surface area contributed by atoms with E-state index in [0.717, 1.165) is 6.07 Å². The largest absolute Gasteiger partial charge is 0.480 e. The fourth-order valence-corrected chi connectivity index (χ4v) is 1.96. The first kappa shape index (κ1) is 14.6. The van der Waals surface area contributed by atoms with Gasteiger partial charge in [0.25, 0.3) is 5.91 Å². The van der Waals surface area contributed by atoms with Crippen LogP contribution < -0.4 is 5.32 Å². The van der Waals surface area contributed by atoms with Crippen molar-refractivity contribution >= 4 is 27.8 Å². The summed E-state index contributed by atoms with van der Waals surface area (Å²) in [6.45, 7) is 3.32. The van der Waals surface area contributed by atoms with E-state index in [1.165, 1.54) is 12.1 Å². The summed E-state index contributed by atoms with van der Waals surface area (Å²) >= 11 is 3.06. The maximum atomic E-state index is 13.5. The smallest absolute Gasteiger partial charge is 0.326 e. The van der Waals surface area contributed by atoms with Gasteiger partial charge in [-0.25, -0.2) is 9.18 Å². The van der Waals surface area contributed by atoms with Crippen molar-refractivity contribution in [2.24, 2.45) is 5.92 Å². The van der Waals surface area contributed by atoms with Crippen LogP contribution in [-0.2, 0) is 4.79 Å². The van der Waals surface area contributed by atoms with Crippen molar-refractivity contribution in [1.29, 1.82) is 0 Å². The van der Waals surface area contributed by atoms with E-state index < -0.39 is 23.7 Å².